The lowest BCUT2D eigenvalue weighted by molar-refractivity contribution is -0.145. The number of esters is 2. The summed E-state index contributed by atoms with van der Waals surface area (Å²) in [6.45, 7) is 0.294. The molecule has 140 valence electrons. The molecular weight excluding hydrogens is 372 g/mol. The molecule has 1 aliphatic heterocycles. The van der Waals surface area contributed by atoms with Gasteiger partial charge in [-0.3, -0.25) is 0 Å². The molecule has 0 N–H and O–H groups in total. The van der Waals surface area contributed by atoms with E-state index in [1.807, 2.05) is 54.6 Å². The molecule has 4 rings (SSSR count). The van der Waals surface area contributed by atoms with Crippen LogP contribution in [0.1, 0.15) is 16.8 Å². The Labute approximate surface area is 166 Å². The van der Waals surface area contributed by atoms with E-state index < -0.39 is 18.0 Å². The van der Waals surface area contributed by atoms with Gasteiger partial charge in [-0.1, -0.05) is 42.5 Å². The first kappa shape index (κ1) is 18.3. The smallest absolute Gasteiger partial charge is 0.347 e. The maximum Gasteiger partial charge on any atom is 0.347 e. The standard InChI is InChI=1S/C23H19O4S/c24-22(27-21-14-15-26-23(21)25)17-8-7-13-20(16-17)28(18-9-3-1-4-10-18)19-11-5-2-6-12-19/h1-13,16,21H,14-15H2/q+1. The van der Waals surface area contributed by atoms with Gasteiger partial charge >= 0.3 is 11.9 Å². The molecule has 4 nitrogen and oxygen atoms in total. The second-order valence-electron chi connectivity index (χ2n) is 6.31. The van der Waals surface area contributed by atoms with E-state index in [1.165, 1.54) is 9.79 Å². The molecule has 1 unspecified atom stereocenters. The van der Waals surface area contributed by atoms with Crippen LogP contribution in [0.15, 0.2) is 99.6 Å². The topological polar surface area (TPSA) is 52.6 Å². The van der Waals surface area contributed by atoms with Crippen LogP contribution < -0.4 is 0 Å². The highest BCUT2D eigenvalue weighted by molar-refractivity contribution is 7.97. The number of rotatable bonds is 5. The van der Waals surface area contributed by atoms with E-state index in [0.29, 0.717) is 18.6 Å². The molecular formula is C23H19O4S+. The van der Waals surface area contributed by atoms with Gasteiger partial charge in [-0.2, -0.15) is 0 Å². The van der Waals surface area contributed by atoms with Crippen molar-refractivity contribution in [2.75, 3.05) is 6.61 Å². The molecule has 1 atom stereocenters. The lowest BCUT2D eigenvalue weighted by Gasteiger charge is -2.10. The summed E-state index contributed by atoms with van der Waals surface area (Å²) in [5, 5.41) is 0. The Morgan fingerprint density at radius 1 is 0.857 bits per heavy atom. The Bertz CT molecular complexity index is 933. The number of carbonyl (C=O) groups is 2. The zero-order valence-corrected chi connectivity index (χ0v) is 15.9. The van der Waals surface area contributed by atoms with E-state index in [-0.39, 0.29) is 10.9 Å². The second-order valence-corrected chi connectivity index (χ2v) is 8.34. The fourth-order valence-corrected chi connectivity index (χ4v) is 5.19. The summed E-state index contributed by atoms with van der Waals surface area (Å²) in [4.78, 5) is 27.5. The Morgan fingerprint density at radius 3 is 2.04 bits per heavy atom. The van der Waals surface area contributed by atoms with E-state index in [0.717, 1.165) is 4.90 Å². The third-order valence-corrected chi connectivity index (χ3v) is 6.61. The molecule has 0 aromatic heterocycles. The third kappa shape index (κ3) is 3.94. The lowest BCUT2D eigenvalue weighted by Crippen LogP contribution is -2.22. The van der Waals surface area contributed by atoms with Crippen molar-refractivity contribution in [1.82, 2.24) is 0 Å². The fraction of sp³-hybridized carbons (Fsp3) is 0.130. The maximum absolute atomic E-state index is 12.6. The minimum absolute atomic E-state index is 0.294. The van der Waals surface area contributed by atoms with Gasteiger partial charge in [0.2, 0.25) is 6.10 Å². The van der Waals surface area contributed by atoms with E-state index in [9.17, 15) is 9.59 Å². The zero-order valence-electron chi connectivity index (χ0n) is 15.1. The minimum atomic E-state index is -0.808. The first-order valence-electron chi connectivity index (χ1n) is 9.04. The SMILES string of the molecule is O=C(OC1CCOC1=O)c1cccc([S+](c2ccccc2)c2ccccc2)c1. The van der Waals surface area contributed by atoms with Crippen LogP contribution in [-0.4, -0.2) is 24.6 Å². The van der Waals surface area contributed by atoms with Crippen LogP contribution in [0.5, 0.6) is 0 Å². The highest BCUT2D eigenvalue weighted by atomic mass is 32.2. The van der Waals surface area contributed by atoms with Gasteiger partial charge in [0, 0.05) is 12.5 Å². The zero-order chi connectivity index (χ0) is 19.3. The van der Waals surface area contributed by atoms with Gasteiger partial charge < -0.3 is 9.47 Å². The van der Waals surface area contributed by atoms with Crippen LogP contribution in [0.4, 0.5) is 0 Å². The molecule has 0 bridgehead atoms. The monoisotopic (exact) mass is 391 g/mol. The van der Waals surface area contributed by atoms with E-state index in [1.54, 1.807) is 6.07 Å². The molecule has 1 heterocycles. The second kappa shape index (κ2) is 8.31. The molecule has 1 saturated heterocycles. The van der Waals surface area contributed by atoms with Crippen LogP contribution in [-0.2, 0) is 25.2 Å². The molecule has 5 heteroatoms. The van der Waals surface area contributed by atoms with Gasteiger partial charge in [-0.15, -0.1) is 0 Å². The molecule has 28 heavy (non-hydrogen) atoms. The molecule has 0 aliphatic carbocycles. The predicted molar refractivity (Wildman–Crippen MR) is 106 cm³/mol. The largest absolute Gasteiger partial charge is 0.463 e. The average Bonchev–Trinajstić information content (AvgIpc) is 3.14. The summed E-state index contributed by atoms with van der Waals surface area (Å²) >= 11 is 0. The Morgan fingerprint density at radius 2 is 1.46 bits per heavy atom. The number of carbonyl (C=O) groups excluding carboxylic acids is 2. The summed E-state index contributed by atoms with van der Waals surface area (Å²) in [6.07, 6.45) is -0.402. The van der Waals surface area contributed by atoms with Gasteiger partial charge in [-0.25, -0.2) is 9.59 Å². The van der Waals surface area contributed by atoms with Crippen LogP contribution >= 0.6 is 0 Å². The summed E-state index contributed by atoms with van der Waals surface area (Å²) in [7, 11) is -0.352. The summed E-state index contributed by atoms with van der Waals surface area (Å²) in [5.74, 6) is -0.979. The van der Waals surface area contributed by atoms with Gasteiger partial charge in [0.1, 0.15) is 0 Å². The molecule has 1 aliphatic rings. The van der Waals surface area contributed by atoms with Crippen molar-refractivity contribution in [3.63, 3.8) is 0 Å². The first-order valence-corrected chi connectivity index (χ1v) is 10.3. The van der Waals surface area contributed by atoms with Crippen LogP contribution in [0.3, 0.4) is 0 Å². The van der Waals surface area contributed by atoms with Gasteiger partial charge in [0.25, 0.3) is 0 Å². The van der Waals surface area contributed by atoms with Gasteiger partial charge in [-0.05, 0) is 36.4 Å². The van der Waals surface area contributed by atoms with Crippen molar-refractivity contribution in [3.05, 3.63) is 90.5 Å². The summed E-state index contributed by atoms with van der Waals surface area (Å²) < 4.78 is 10.2. The van der Waals surface area contributed by atoms with Crippen molar-refractivity contribution in [2.45, 2.75) is 27.2 Å². The Balaban J connectivity index is 1.67. The highest BCUT2D eigenvalue weighted by Crippen LogP contribution is 2.31. The molecule has 0 radical (unpaired) electrons. The van der Waals surface area contributed by atoms with Crippen molar-refractivity contribution in [3.8, 4) is 0 Å². The van der Waals surface area contributed by atoms with Crippen molar-refractivity contribution in [2.24, 2.45) is 0 Å². The Hall–Kier alpha value is -3.05. The van der Waals surface area contributed by atoms with E-state index in [2.05, 4.69) is 24.3 Å². The quantitative estimate of drug-likeness (QED) is 0.482. The molecule has 1 fully saturated rings. The minimum Gasteiger partial charge on any atom is -0.463 e. The molecule has 0 spiro atoms. The number of ether oxygens (including phenoxy) is 2. The van der Waals surface area contributed by atoms with Crippen LogP contribution in [0.25, 0.3) is 0 Å². The average molecular weight is 391 g/mol. The van der Waals surface area contributed by atoms with E-state index >= 15 is 0 Å². The molecule has 3 aromatic carbocycles. The highest BCUT2D eigenvalue weighted by Gasteiger charge is 2.32. The fourth-order valence-electron chi connectivity index (χ4n) is 3.05. The van der Waals surface area contributed by atoms with Gasteiger partial charge in [0.05, 0.1) is 23.1 Å². The lowest BCUT2D eigenvalue weighted by atomic mass is 10.2. The summed E-state index contributed by atoms with van der Waals surface area (Å²) in [6, 6.07) is 27.9. The van der Waals surface area contributed by atoms with Crippen molar-refractivity contribution >= 4 is 22.8 Å². The third-order valence-electron chi connectivity index (χ3n) is 4.40. The number of benzene rings is 3. The summed E-state index contributed by atoms with van der Waals surface area (Å²) in [5.41, 5.74) is 0.432. The molecule has 0 saturated carbocycles. The van der Waals surface area contributed by atoms with Gasteiger partial charge in [0.15, 0.2) is 14.7 Å². The molecule has 0 amide bonds. The number of hydrogen-bond donors (Lipinski definition) is 0. The first-order chi connectivity index (χ1) is 13.7. The number of hydrogen-bond acceptors (Lipinski definition) is 4. The predicted octanol–water partition coefficient (Wildman–Crippen LogP) is 4.25. The van der Waals surface area contributed by atoms with Crippen molar-refractivity contribution < 1.29 is 19.1 Å². The van der Waals surface area contributed by atoms with Crippen LogP contribution in [0, 0.1) is 0 Å². The Kier molecular flexibility index (Phi) is 5.44. The van der Waals surface area contributed by atoms with Crippen LogP contribution in [0.2, 0.25) is 0 Å². The van der Waals surface area contributed by atoms with Crippen molar-refractivity contribution in [1.29, 1.82) is 0 Å². The number of cyclic esters (lactones) is 1. The maximum atomic E-state index is 12.6. The molecule has 3 aromatic rings. The normalized spacial score (nSPS) is 16.0. The van der Waals surface area contributed by atoms with E-state index in [4.69, 9.17) is 9.47 Å².